The summed E-state index contributed by atoms with van der Waals surface area (Å²) in [4.78, 5) is 10.2. The van der Waals surface area contributed by atoms with E-state index in [1.54, 1.807) is 0 Å². The summed E-state index contributed by atoms with van der Waals surface area (Å²) in [6, 6.07) is 24.1. The molecule has 0 amide bonds. The summed E-state index contributed by atoms with van der Waals surface area (Å²) in [7, 11) is 0. The fraction of sp³-hybridized carbons (Fsp3) is 0.562. The Labute approximate surface area is 717 Å². The molecule has 24 nitrogen and oxygen atoms in total. The maximum absolute atomic E-state index is 6.18. The van der Waals surface area contributed by atoms with Gasteiger partial charge in [0.15, 0.2) is 34.5 Å². The van der Waals surface area contributed by atoms with Crippen LogP contribution in [0, 0.1) is 35.5 Å². The van der Waals surface area contributed by atoms with Crippen LogP contribution in [0.25, 0.3) is 34.2 Å². The molecule has 0 aliphatic carbocycles. The molecule has 3 aliphatic rings. The van der Waals surface area contributed by atoms with Gasteiger partial charge >= 0.3 is 0 Å². The molecule has 654 valence electrons. The highest BCUT2D eigenvalue weighted by atomic mass is 16.5. The summed E-state index contributed by atoms with van der Waals surface area (Å²) >= 11 is 0. The van der Waals surface area contributed by atoms with Gasteiger partial charge in [-0.2, -0.15) is 15.6 Å². The van der Waals surface area contributed by atoms with Gasteiger partial charge in [0, 0.05) is 17.5 Å². The minimum Gasteiger partial charge on any atom is -0.490 e. The Bertz CT molecular complexity index is 3910. The first-order chi connectivity index (χ1) is 57.9. The van der Waals surface area contributed by atoms with Crippen molar-refractivity contribution in [2.75, 3.05) is 78.9 Å². The molecule has 0 fully saturated rings. The second-order valence-corrected chi connectivity index (χ2v) is 34.2. The van der Waals surface area contributed by atoms with Gasteiger partial charge in [0.25, 0.3) is 17.5 Å². The Morgan fingerprint density at radius 2 is 0.517 bits per heavy atom. The van der Waals surface area contributed by atoms with E-state index >= 15 is 0 Å². The molecule has 10 rings (SSSR count). The van der Waals surface area contributed by atoms with Crippen molar-refractivity contribution in [3.8, 4) is 68.7 Å². The molecular weight excluding hydrogens is 1500 g/mol. The highest BCUT2D eigenvalue weighted by Crippen LogP contribution is 2.36. The molecule has 6 heterocycles. The Balaban J connectivity index is 0.000000223. The lowest BCUT2D eigenvalue weighted by atomic mass is 10.0. The maximum Gasteiger partial charge on any atom is 0.275 e. The van der Waals surface area contributed by atoms with Gasteiger partial charge in [-0.1, -0.05) is 111 Å². The van der Waals surface area contributed by atoms with Crippen molar-refractivity contribution in [2.45, 2.75) is 240 Å². The molecule has 6 atom stereocenters. The summed E-state index contributed by atoms with van der Waals surface area (Å²) in [5.41, 5.74) is 14.4. The predicted molar refractivity (Wildman–Crippen MR) is 484 cm³/mol. The van der Waals surface area contributed by atoms with Gasteiger partial charge in [-0.05, 0) is 324 Å². The number of tetrazole rings is 3. The summed E-state index contributed by atoms with van der Waals surface area (Å²) in [5, 5.41) is 55.5. The zero-order valence-electron chi connectivity index (χ0n) is 75.9. The van der Waals surface area contributed by atoms with Crippen molar-refractivity contribution in [1.29, 1.82) is 0 Å². The molecule has 0 bridgehead atoms. The maximum atomic E-state index is 6.18. The molecule has 0 unspecified atom stereocenters. The minimum absolute atomic E-state index is 0.495. The van der Waals surface area contributed by atoms with Gasteiger partial charge < -0.3 is 43.7 Å². The van der Waals surface area contributed by atoms with E-state index in [-0.39, 0.29) is 0 Å². The number of nitrogens with one attached hydrogen (secondary N) is 6. The topological polar surface area (TPSA) is 292 Å². The molecule has 4 aromatic carbocycles. The van der Waals surface area contributed by atoms with E-state index < -0.39 is 0 Å². The molecule has 120 heavy (non-hydrogen) atoms. The van der Waals surface area contributed by atoms with Crippen LogP contribution in [0.1, 0.15) is 257 Å². The second-order valence-electron chi connectivity index (χ2n) is 34.2. The van der Waals surface area contributed by atoms with E-state index in [9.17, 15) is 0 Å². The van der Waals surface area contributed by atoms with Crippen LogP contribution in [0.4, 0.5) is 0 Å². The normalized spacial score (nSPS) is 14.0. The lowest BCUT2D eigenvalue weighted by Crippen LogP contribution is -2.71. The Morgan fingerprint density at radius 3 is 0.700 bits per heavy atom. The lowest BCUT2D eigenvalue weighted by molar-refractivity contribution is -0.444. The van der Waals surface area contributed by atoms with Crippen LogP contribution in [0.2, 0.25) is 0 Å². The third kappa shape index (κ3) is 38.4. The predicted octanol–water partition coefficient (Wildman–Crippen LogP) is 14.4. The van der Waals surface area contributed by atoms with Crippen LogP contribution in [0.15, 0.2) is 143 Å². The van der Waals surface area contributed by atoms with E-state index in [4.69, 9.17) is 28.4 Å². The van der Waals surface area contributed by atoms with Crippen LogP contribution < -0.4 is 74.6 Å². The number of nitrogens with zero attached hydrogens (tertiary/aromatic N) is 12. The molecule has 3 aromatic heterocycles. The van der Waals surface area contributed by atoms with Crippen molar-refractivity contribution in [2.24, 2.45) is 35.5 Å². The SMILES string of the molecule is CC(C)=CCC[C@H](C)CCOc1ccc(-c2nnn[n-]2)cc1OCC[C@@H](C)CCC=C(C)C.CC(C)=CCC[C@H](C)CCOc1ccc(-c2nnn[n-]2)cc1OCC[C@@H](C)CCC=C(C)C.CC(C)=CCC[C@H](C)CCOc1ccc(-c2nnn[n-]2)cc1OCC[C@@H](C)CCC=C(C)C.c1c(C2=[NH+]CCN2)cc(C2=[NH+]CCN2)cc1C1=[NH+]CCN1. The summed E-state index contributed by atoms with van der Waals surface area (Å²) < 4.78 is 36.9. The number of rotatable bonds is 48. The average molecular weight is 1650 g/mol. The van der Waals surface area contributed by atoms with Crippen molar-refractivity contribution in [1.82, 2.24) is 77.8 Å². The molecule has 0 radical (unpaired) electrons. The number of ether oxygens (including phenoxy) is 6. The standard InChI is InChI=1S/3C27H41N4O2.C15H18N6/c3*1-20(2)9-7-11-22(5)15-17-32-25-14-13-24(27-28-30-31-29-27)19-26(25)33-18-16-23(6)12-8-10-21(3)4;1-2-17-13(16-1)10-7-11(14-18-3-4-19-14)9-12(8-10)15-20-5-6-21-15/h3*9-10,13-14,19,22-23H,7-8,11-12,15-18H2,1-6H3;7-9H,1-6H2,(H,16,17)(H,18,19)(H,20,21)/q3*-1;/p+3/t3*22-,23-;/m000./s1. The van der Waals surface area contributed by atoms with Gasteiger partial charge in [0.05, 0.1) is 56.3 Å². The van der Waals surface area contributed by atoms with Crippen molar-refractivity contribution in [3.05, 3.63) is 159 Å². The molecule has 0 saturated carbocycles. The minimum atomic E-state index is 0.495. The van der Waals surface area contributed by atoms with Crippen molar-refractivity contribution in [3.63, 3.8) is 0 Å². The summed E-state index contributed by atoms with van der Waals surface area (Å²) in [6.07, 6.45) is 33.6. The molecule has 24 heteroatoms. The number of aromatic nitrogens is 12. The van der Waals surface area contributed by atoms with Crippen LogP contribution >= 0.6 is 0 Å². The fourth-order valence-corrected chi connectivity index (χ4v) is 13.4. The Hall–Kier alpha value is -10.3. The molecular formula is C96H144N18O6. The third-order valence-corrected chi connectivity index (χ3v) is 21.0. The fourth-order valence-electron chi connectivity index (χ4n) is 13.4. The molecule has 0 spiro atoms. The number of allylic oxidation sites excluding steroid dienone is 12. The molecule has 6 N–H and O–H groups in total. The summed E-state index contributed by atoms with van der Waals surface area (Å²) in [5.74, 6) is 13.0. The number of hydrogen-bond donors (Lipinski definition) is 6. The first-order valence-corrected chi connectivity index (χ1v) is 44.2. The lowest BCUT2D eigenvalue weighted by Gasteiger charge is -2.17. The Morgan fingerprint density at radius 1 is 0.300 bits per heavy atom. The third-order valence-electron chi connectivity index (χ3n) is 21.0. The van der Waals surface area contributed by atoms with E-state index in [2.05, 4.69) is 272 Å². The smallest absolute Gasteiger partial charge is 0.275 e. The highest BCUT2D eigenvalue weighted by molar-refractivity contribution is 6.05. The van der Waals surface area contributed by atoms with Crippen LogP contribution in [-0.4, -0.2) is 143 Å². The average Bonchev–Trinajstić information content (AvgIpc) is 1.59. The van der Waals surface area contributed by atoms with Gasteiger partial charge in [-0.3, -0.25) is 61.9 Å². The van der Waals surface area contributed by atoms with E-state index in [0.29, 0.717) is 92.6 Å². The molecule has 0 saturated heterocycles. The van der Waals surface area contributed by atoms with E-state index in [0.717, 1.165) is 185 Å². The van der Waals surface area contributed by atoms with Gasteiger partial charge in [-0.15, -0.1) is 0 Å². The van der Waals surface area contributed by atoms with Gasteiger partial charge in [0.1, 0.15) is 39.3 Å². The van der Waals surface area contributed by atoms with E-state index in [1.807, 2.05) is 54.6 Å². The first-order valence-electron chi connectivity index (χ1n) is 44.2. The zero-order valence-corrected chi connectivity index (χ0v) is 75.9. The summed E-state index contributed by atoms with van der Waals surface area (Å²) in [6.45, 7) is 49.3. The van der Waals surface area contributed by atoms with Gasteiger partial charge in [0.2, 0.25) is 0 Å². The number of amidine groups is 3. The monoisotopic (exact) mass is 1650 g/mol. The first kappa shape index (κ1) is 96.9. The quantitative estimate of drug-likeness (QED) is 0.0193. The van der Waals surface area contributed by atoms with Crippen molar-refractivity contribution >= 4 is 17.5 Å². The number of benzene rings is 4. The number of hydrogen-bond acceptors (Lipinski definition) is 18. The second kappa shape index (κ2) is 54.8. The van der Waals surface area contributed by atoms with Crippen LogP contribution in [0.5, 0.6) is 34.5 Å². The van der Waals surface area contributed by atoms with E-state index in [1.165, 1.54) is 88.7 Å². The zero-order chi connectivity index (χ0) is 86.2. The van der Waals surface area contributed by atoms with Crippen LogP contribution in [0.3, 0.4) is 0 Å². The highest BCUT2D eigenvalue weighted by Gasteiger charge is 2.26. The van der Waals surface area contributed by atoms with Gasteiger partial charge in [-0.25, -0.2) is 0 Å². The molecule has 3 aliphatic heterocycles. The van der Waals surface area contributed by atoms with Crippen molar-refractivity contribution < 1.29 is 43.4 Å². The molecule has 7 aromatic rings. The van der Waals surface area contributed by atoms with Crippen LogP contribution in [-0.2, 0) is 0 Å². The Kier molecular flexibility index (Phi) is 44.3. The largest absolute Gasteiger partial charge is 0.490 e.